The van der Waals surface area contributed by atoms with Gasteiger partial charge in [0, 0.05) is 25.6 Å². The summed E-state index contributed by atoms with van der Waals surface area (Å²) in [5.41, 5.74) is 7.10. The molecule has 0 bridgehead atoms. The fourth-order valence-electron chi connectivity index (χ4n) is 2.51. The molecule has 2 aromatic rings. The van der Waals surface area contributed by atoms with Gasteiger partial charge in [-0.25, -0.2) is 0 Å². The van der Waals surface area contributed by atoms with Crippen molar-refractivity contribution in [1.29, 1.82) is 0 Å². The molecule has 2 N–H and O–H groups in total. The molecular formula is C15H20N4O. The predicted octanol–water partition coefficient (Wildman–Crippen LogP) is 1.58. The monoisotopic (exact) mass is 272 g/mol. The van der Waals surface area contributed by atoms with Crippen molar-refractivity contribution in [2.75, 3.05) is 13.1 Å². The minimum absolute atomic E-state index is 0.350. The van der Waals surface area contributed by atoms with Crippen molar-refractivity contribution in [2.24, 2.45) is 5.73 Å². The molecule has 2 heterocycles. The minimum Gasteiger partial charge on any atom is -0.338 e. The maximum absolute atomic E-state index is 5.90. The van der Waals surface area contributed by atoms with Crippen molar-refractivity contribution in [3.63, 3.8) is 0 Å². The van der Waals surface area contributed by atoms with Gasteiger partial charge in [0.05, 0.1) is 6.54 Å². The van der Waals surface area contributed by atoms with Gasteiger partial charge in [0.25, 0.3) is 0 Å². The predicted molar refractivity (Wildman–Crippen MR) is 76.0 cm³/mol. The highest BCUT2D eigenvalue weighted by atomic mass is 16.5. The number of hydrogen-bond acceptors (Lipinski definition) is 5. The van der Waals surface area contributed by atoms with E-state index in [-0.39, 0.29) is 0 Å². The summed E-state index contributed by atoms with van der Waals surface area (Å²) < 4.78 is 5.33. The first kappa shape index (κ1) is 13.3. The van der Waals surface area contributed by atoms with Crippen molar-refractivity contribution in [3.8, 4) is 0 Å². The third kappa shape index (κ3) is 3.43. The lowest BCUT2D eigenvalue weighted by Crippen LogP contribution is -2.39. The summed E-state index contributed by atoms with van der Waals surface area (Å²) in [4.78, 5) is 6.79. The van der Waals surface area contributed by atoms with Crippen LogP contribution in [0.15, 0.2) is 34.9 Å². The third-order valence-corrected chi connectivity index (χ3v) is 3.71. The highest BCUT2D eigenvalue weighted by molar-refractivity contribution is 5.18. The topological polar surface area (TPSA) is 68.2 Å². The number of nitrogens with two attached hydrogens (primary N) is 1. The summed E-state index contributed by atoms with van der Waals surface area (Å²) >= 11 is 0. The van der Waals surface area contributed by atoms with Gasteiger partial charge in [-0.3, -0.25) is 4.90 Å². The first-order valence-electron chi connectivity index (χ1n) is 7.13. The van der Waals surface area contributed by atoms with E-state index >= 15 is 0 Å². The summed E-state index contributed by atoms with van der Waals surface area (Å²) in [6.07, 6.45) is 2.81. The molecule has 5 nitrogen and oxygen atoms in total. The van der Waals surface area contributed by atoms with Crippen molar-refractivity contribution in [1.82, 2.24) is 15.0 Å². The lowest BCUT2D eigenvalue weighted by atomic mass is 10.1. The molecule has 1 aliphatic heterocycles. The van der Waals surface area contributed by atoms with Crippen molar-refractivity contribution >= 4 is 0 Å². The summed E-state index contributed by atoms with van der Waals surface area (Å²) in [6, 6.07) is 10.5. The molecule has 0 unspecified atom stereocenters. The Kier molecular flexibility index (Phi) is 4.08. The highest BCUT2D eigenvalue weighted by Crippen LogP contribution is 2.12. The Morgan fingerprint density at radius 2 is 1.95 bits per heavy atom. The Morgan fingerprint density at radius 1 is 1.20 bits per heavy atom. The van der Waals surface area contributed by atoms with Crippen LogP contribution in [0.3, 0.4) is 0 Å². The molecule has 20 heavy (non-hydrogen) atoms. The Balaban J connectivity index is 1.57. The fourth-order valence-corrected chi connectivity index (χ4v) is 2.51. The zero-order valence-electron chi connectivity index (χ0n) is 11.5. The average Bonchev–Trinajstić information content (AvgIpc) is 2.90. The van der Waals surface area contributed by atoms with Crippen LogP contribution >= 0.6 is 0 Å². The van der Waals surface area contributed by atoms with Crippen LogP contribution in [0.25, 0.3) is 0 Å². The van der Waals surface area contributed by atoms with Crippen LogP contribution in [0.5, 0.6) is 0 Å². The van der Waals surface area contributed by atoms with Gasteiger partial charge in [0.15, 0.2) is 5.82 Å². The van der Waals surface area contributed by atoms with E-state index in [2.05, 4.69) is 27.2 Å². The first-order valence-corrected chi connectivity index (χ1v) is 7.13. The van der Waals surface area contributed by atoms with E-state index in [0.29, 0.717) is 11.9 Å². The summed E-state index contributed by atoms with van der Waals surface area (Å²) in [7, 11) is 0. The highest BCUT2D eigenvalue weighted by Gasteiger charge is 2.18. The largest absolute Gasteiger partial charge is 0.338 e. The molecule has 0 amide bonds. The molecule has 0 radical (unpaired) electrons. The maximum atomic E-state index is 5.90. The molecule has 1 aromatic carbocycles. The average molecular weight is 272 g/mol. The van der Waals surface area contributed by atoms with Crippen molar-refractivity contribution in [3.05, 3.63) is 47.6 Å². The Labute approximate surface area is 118 Å². The SMILES string of the molecule is NC1CCN(Cc2nc(Cc3ccccc3)no2)CC1. The lowest BCUT2D eigenvalue weighted by molar-refractivity contribution is 0.182. The molecule has 0 atom stereocenters. The molecule has 0 saturated carbocycles. The van der Waals surface area contributed by atoms with E-state index in [0.717, 1.165) is 44.7 Å². The van der Waals surface area contributed by atoms with E-state index in [9.17, 15) is 0 Å². The van der Waals surface area contributed by atoms with Gasteiger partial charge in [0.2, 0.25) is 5.89 Å². The second-order valence-electron chi connectivity index (χ2n) is 5.38. The molecule has 3 rings (SSSR count). The quantitative estimate of drug-likeness (QED) is 0.915. The third-order valence-electron chi connectivity index (χ3n) is 3.71. The Bertz CT molecular complexity index is 532. The van der Waals surface area contributed by atoms with Crippen molar-refractivity contribution < 1.29 is 4.52 Å². The number of aromatic nitrogens is 2. The number of rotatable bonds is 4. The second kappa shape index (κ2) is 6.15. The van der Waals surface area contributed by atoms with Crippen LogP contribution in [0.2, 0.25) is 0 Å². The number of nitrogens with zero attached hydrogens (tertiary/aromatic N) is 3. The van der Waals surface area contributed by atoms with Gasteiger partial charge in [-0.2, -0.15) is 4.98 Å². The smallest absolute Gasteiger partial charge is 0.240 e. The maximum Gasteiger partial charge on any atom is 0.240 e. The van der Waals surface area contributed by atoms with E-state index in [4.69, 9.17) is 10.3 Å². The van der Waals surface area contributed by atoms with Crippen LogP contribution in [0.1, 0.15) is 30.1 Å². The molecule has 1 aromatic heterocycles. The van der Waals surface area contributed by atoms with Crippen LogP contribution in [0, 0.1) is 0 Å². The number of likely N-dealkylation sites (tertiary alicyclic amines) is 1. The fraction of sp³-hybridized carbons (Fsp3) is 0.467. The molecule has 1 saturated heterocycles. The molecular weight excluding hydrogens is 252 g/mol. The lowest BCUT2D eigenvalue weighted by Gasteiger charge is -2.28. The van der Waals surface area contributed by atoms with E-state index in [1.807, 2.05) is 18.2 Å². The normalized spacial score (nSPS) is 17.4. The molecule has 5 heteroatoms. The van der Waals surface area contributed by atoms with E-state index < -0.39 is 0 Å². The molecule has 106 valence electrons. The van der Waals surface area contributed by atoms with Crippen LogP contribution in [0.4, 0.5) is 0 Å². The number of piperidine rings is 1. The van der Waals surface area contributed by atoms with Crippen LogP contribution in [-0.4, -0.2) is 34.2 Å². The Morgan fingerprint density at radius 3 is 2.70 bits per heavy atom. The standard InChI is InChI=1S/C15H20N4O/c16-13-6-8-19(9-7-13)11-15-17-14(18-20-15)10-12-4-2-1-3-5-12/h1-5,13H,6-11,16H2. The van der Waals surface area contributed by atoms with E-state index in [1.165, 1.54) is 5.56 Å². The van der Waals surface area contributed by atoms with Gasteiger partial charge in [0.1, 0.15) is 0 Å². The molecule has 0 spiro atoms. The summed E-state index contributed by atoms with van der Waals surface area (Å²) in [5.74, 6) is 1.45. The van der Waals surface area contributed by atoms with Crippen molar-refractivity contribution in [2.45, 2.75) is 31.8 Å². The van der Waals surface area contributed by atoms with Crippen LogP contribution < -0.4 is 5.73 Å². The van der Waals surface area contributed by atoms with Gasteiger partial charge >= 0.3 is 0 Å². The van der Waals surface area contributed by atoms with Gasteiger partial charge in [-0.05, 0) is 18.4 Å². The molecule has 0 aliphatic carbocycles. The zero-order valence-corrected chi connectivity index (χ0v) is 11.5. The second-order valence-corrected chi connectivity index (χ2v) is 5.38. The number of hydrogen-bond donors (Lipinski definition) is 1. The molecule has 1 aliphatic rings. The van der Waals surface area contributed by atoms with Gasteiger partial charge in [-0.15, -0.1) is 0 Å². The summed E-state index contributed by atoms with van der Waals surface area (Å²) in [6.45, 7) is 2.75. The van der Waals surface area contributed by atoms with Gasteiger partial charge in [-0.1, -0.05) is 35.5 Å². The Hall–Kier alpha value is -1.72. The summed E-state index contributed by atoms with van der Waals surface area (Å²) in [5, 5.41) is 4.05. The van der Waals surface area contributed by atoms with E-state index in [1.54, 1.807) is 0 Å². The number of benzene rings is 1. The zero-order chi connectivity index (χ0) is 13.8. The molecule has 1 fully saturated rings. The minimum atomic E-state index is 0.350. The van der Waals surface area contributed by atoms with Crippen LogP contribution in [-0.2, 0) is 13.0 Å². The first-order chi connectivity index (χ1) is 9.79. The van der Waals surface area contributed by atoms with Gasteiger partial charge < -0.3 is 10.3 Å².